The summed E-state index contributed by atoms with van der Waals surface area (Å²) in [6.45, 7) is 6.79. The van der Waals surface area contributed by atoms with Crippen molar-refractivity contribution in [3.05, 3.63) is 0 Å². The second-order valence-corrected chi connectivity index (χ2v) is 5.05. The highest BCUT2D eigenvalue weighted by molar-refractivity contribution is 4.67. The Bertz CT molecular complexity index is 135. The average Bonchev–Trinajstić information content (AvgIpc) is 2.25. The van der Waals surface area contributed by atoms with Crippen LogP contribution in [0.25, 0.3) is 0 Å². The molecular formula is C14H32N2. The van der Waals surface area contributed by atoms with Crippen molar-refractivity contribution in [2.45, 2.75) is 64.8 Å². The molecule has 0 aromatic heterocycles. The molecule has 16 heavy (non-hydrogen) atoms. The normalized spacial score (nSPS) is 13.3. The third-order valence-electron chi connectivity index (χ3n) is 3.07. The fourth-order valence-electron chi connectivity index (χ4n) is 2.05. The molecule has 0 heterocycles. The zero-order valence-electron chi connectivity index (χ0n) is 11.9. The van der Waals surface area contributed by atoms with Gasteiger partial charge < -0.3 is 10.2 Å². The number of hydrogen-bond donors (Lipinski definition) is 1. The first-order valence-electron chi connectivity index (χ1n) is 7.08. The summed E-state index contributed by atoms with van der Waals surface area (Å²) in [4.78, 5) is 2.28. The van der Waals surface area contributed by atoms with E-state index in [1.165, 1.54) is 51.5 Å². The van der Waals surface area contributed by atoms with Crippen LogP contribution in [0.15, 0.2) is 0 Å². The molecule has 0 spiro atoms. The molecule has 0 aliphatic carbocycles. The average molecular weight is 228 g/mol. The Hall–Kier alpha value is -0.0800. The van der Waals surface area contributed by atoms with E-state index in [2.05, 4.69) is 38.2 Å². The fourth-order valence-corrected chi connectivity index (χ4v) is 2.05. The Morgan fingerprint density at radius 3 is 2.19 bits per heavy atom. The maximum Gasteiger partial charge on any atom is 0.00791 e. The van der Waals surface area contributed by atoms with Crippen molar-refractivity contribution in [2.75, 3.05) is 27.2 Å². The largest absolute Gasteiger partial charge is 0.314 e. The van der Waals surface area contributed by atoms with Crippen LogP contribution in [0.3, 0.4) is 0 Å². The highest BCUT2D eigenvalue weighted by Crippen LogP contribution is 2.09. The van der Waals surface area contributed by atoms with Crippen LogP contribution in [-0.4, -0.2) is 38.1 Å². The molecule has 0 aliphatic heterocycles. The van der Waals surface area contributed by atoms with Crippen molar-refractivity contribution < 1.29 is 0 Å². The van der Waals surface area contributed by atoms with E-state index in [4.69, 9.17) is 0 Å². The summed E-state index contributed by atoms with van der Waals surface area (Å²) in [5.41, 5.74) is 0. The summed E-state index contributed by atoms with van der Waals surface area (Å²) in [7, 11) is 4.31. The molecule has 0 saturated carbocycles. The Labute approximate surface area is 103 Å². The minimum absolute atomic E-state index is 0.731. The molecule has 0 radical (unpaired) electrons. The van der Waals surface area contributed by atoms with E-state index in [1.54, 1.807) is 0 Å². The second-order valence-electron chi connectivity index (χ2n) is 5.05. The monoisotopic (exact) mass is 228 g/mol. The molecule has 0 amide bonds. The van der Waals surface area contributed by atoms with Crippen LogP contribution < -0.4 is 5.32 Å². The zero-order valence-corrected chi connectivity index (χ0v) is 11.9. The van der Waals surface area contributed by atoms with E-state index >= 15 is 0 Å². The molecular weight excluding hydrogens is 196 g/mol. The van der Waals surface area contributed by atoms with Gasteiger partial charge in [0.15, 0.2) is 0 Å². The molecule has 0 rings (SSSR count). The molecule has 1 atom stereocenters. The van der Waals surface area contributed by atoms with E-state index in [0.29, 0.717) is 0 Å². The maximum absolute atomic E-state index is 3.60. The van der Waals surface area contributed by atoms with Crippen LogP contribution in [0, 0.1) is 0 Å². The van der Waals surface area contributed by atoms with Crippen molar-refractivity contribution in [3.8, 4) is 0 Å². The lowest BCUT2D eigenvalue weighted by Crippen LogP contribution is -2.32. The fraction of sp³-hybridized carbons (Fsp3) is 1.00. The number of nitrogens with one attached hydrogen (secondary N) is 1. The van der Waals surface area contributed by atoms with Gasteiger partial charge in [0.2, 0.25) is 0 Å². The summed E-state index contributed by atoms with van der Waals surface area (Å²) in [6.07, 6.45) is 9.62. The molecule has 98 valence electrons. The van der Waals surface area contributed by atoms with Gasteiger partial charge in [0, 0.05) is 6.04 Å². The van der Waals surface area contributed by atoms with E-state index in [9.17, 15) is 0 Å². The summed E-state index contributed by atoms with van der Waals surface area (Å²) in [5, 5.41) is 3.60. The van der Waals surface area contributed by atoms with Gasteiger partial charge in [0.25, 0.3) is 0 Å². The smallest absolute Gasteiger partial charge is 0.00791 e. The van der Waals surface area contributed by atoms with E-state index in [-0.39, 0.29) is 0 Å². The Balaban J connectivity index is 3.51. The van der Waals surface area contributed by atoms with Crippen LogP contribution >= 0.6 is 0 Å². The lowest BCUT2D eigenvalue weighted by molar-refractivity contribution is 0.346. The molecule has 2 nitrogen and oxygen atoms in total. The highest BCUT2D eigenvalue weighted by Gasteiger charge is 2.06. The zero-order chi connectivity index (χ0) is 12.2. The van der Waals surface area contributed by atoms with Gasteiger partial charge in [-0.1, -0.05) is 46.0 Å². The highest BCUT2D eigenvalue weighted by atomic mass is 15.1. The van der Waals surface area contributed by atoms with Gasteiger partial charge in [-0.05, 0) is 40.0 Å². The molecule has 2 heteroatoms. The standard InChI is InChI=1S/C14H32N2/c1-5-7-8-9-10-11-14(15-6-2)12-13-16(3)4/h14-15H,5-13H2,1-4H3. The number of nitrogens with zero attached hydrogens (tertiary/aromatic N) is 1. The van der Waals surface area contributed by atoms with Crippen molar-refractivity contribution in [2.24, 2.45) is 0 Å². The summed E-state index contributed by atoms with van der Waals surface area (Å²) in [5.74, 6) is 0. The predicted octanol–water partition coefficient (Wildman–Crippen LogP) is 3.28. The molecule has 0 fully saturated rings. The minimum atomic E-state index is 0.731. The van der Waals surface area contributed by atoms with Crippen LogP contribution in [0.1, 0.15) is 58.8 Å². The lowest BCUT2D eigenvalue weighted by Gasteiger charge is -2.20. The minimum Gasteiger partial charge on any atom is -0.314 e. The van der Waals surface area contributed by atoms with Crippen molar-refractivity contribution in [3.63, 3.8) is 0 Å². The summed E-state index contributed by atoms with van der Waals surface area (Å²) >= 11 is 0. The predicted molar refractivity (Wildman–Crippen MR) is 74.0 cm³/mol. The number of rotatable bonds is 11. The Kier molecular flexibility index (Phi) is 11.3. The van der Waals surface area contributed by atoms with Gasteiger partial charge in [0.05, 0.1) is 0 Å². The van der Waals surface area contributed by atoms with E-state index in [1.807, 2.05) is 0 Å². The molecule has 0 aromatic rings. The summed E-state index contributed by atoms with van der Waals surface area (Å²) < 4.78 is 0. The molecule has 1 unspecified atom stereocenters. The van der Waals surface area contributed by atoms with Crippen LogP contribution in [0.5, 0.6) is 0 Å². The topological polar surface area (TPSA) is 15.3 Å². The Morgan fingerprint density at radius 1 is 0.938 bits per heavy atom. The molecule has 1 N–H and O–H groups in total. The van der Waals surface area contributed by atoms with E-state index < -0.39 is 0 Å². The molecule has 0 aliphatic rings. The first-order valence-corrected chi connectivity index (χ1v) is 7.08. The van der Waals surface area contributed by atoms with Gasteiger partial charge >= 0.3 is 0 Å². The van der Waals surface area contributed by atoms with Crippen molar-refractivity contribution in [1.29, 1.82) is 0 Å². The number of hydrogen-bond acceptors (Lipinski definition) is 2. The van der Waals surface area contributed by atoms with Crippen LogP contribution in [0.2, 0.25) is 0 Å². The van der Waals surface area contributed by atoms with Crippen molar-refractivity contribution in [1.82, 2.24) is 10.2 Å². The Morgan fingerprint density at radius 2 is 1.62 bits per heavy atom. The first-order chi connectivity index (χ1) is 7.70. The number of unbranched alkanes of at least 4 members (excludes halogenated alkanes) is 4. The summed E-state index contributed by atoms with van der Waals surface area (Å²) in [6, 6.07) is 0.731. The molecule has 0 saturated heterocycles. The van der Waals surface area contributed by atoms with Gasteiger partial charge in [-0.2, -0.15) is 0 Å². The molecule has 0 aromatic carbocycles. The van der Waals surface area contributed by atoms with Gasteiger partial charge in [-0.25, -0.2) is 0 Å². The van der Waals surface area contributed by atoms with Crippen molar-refractivity contribution >= 4 is 0 Å². The third-order valence-corrected chi connectivity index (χ3v) is 3.07. The van der Waals surface area contributed by atoms with Gasteiger partial charge in [-0.15, -0.1) is 0 Å². The van der Waals surface area contributed by atoms with Gasteiger partial charge in [-0.3, -0.25) is 0 Å². The first kappa shape index (κ1) is 15.9. The third kappa shape index (κ3) is 10.4. The van der Waals surface area contributed by atoms with E-state index in [0.717, 1.165) is 12.6 Å². The SMILES string of the molecule is CCCCCCCC(CCN(C)C)NCC. The molecule has 0 bridgehead atoms. The maximum atomic E-state index is 3.60. The quantitative estimate of drug-likeness (QED) is 0.546. The van der Waals surface area contributed by atoms with Crippen LogP contribution in [0.4, 0.5) is 0 Å². The second kappa shape index (κ2) is 11.4. The van der Waals surface area contributed by atoms with Gasteiger partial charge in [0.1, 0.15) is 0 Å². The lowest BCUT2D eigenvalue weighted by atomic mass is 10.0. The van der Waals surface area contributed by atoms with Crippen LogP contribution in [-0.2, 0) is 0 Å².